The largest absolute Gasteiger partial charge is 0.496 e. The highest BCUT2D eigenvalue weighted by Gasteiger charge is 2.18. The number of carbonyl (C=O) groups excluding carboxylic acids is 1. The minimum Gasteiger partial charge on any atom is -0.496 e. The highest BCUT2D eigenvalue weighted by atomic mass is 19.1. The zero-order valence-electron chi connectivity index (χ0n) is 10.2. The third kappa shape index (κ3) is 2.98. The van der Waals surface area contributed by atoms with Crippen molar-refractivity contribution in [1.82, 2.24) is 5.32 Å². The van der Waals surface area contributed by atoms with E-state index in [-0.39, 0.29) is 17.6 Å². The fourth-order valence-electron chi connectivity index (χ4n) is 1.96. The molecule has 1 atom stereocenters. The molecule has 0 saturated carbocycles. The highest BCUT2D eigenvalue weighted by molar-refractivity contribution is 5.96. The maximum atomic E-state index is 13.1. The standard InChI is InChI=1S/C13H16FNO3/c1-17-12-5-4-9(14)7-11(12)13(16)15-8-10-3-2-6-18-10/h4-5,7,10H,2-3,6,8H2,1H3,(H,15,16). The van der Waals surface area contributed by atoms with Crippen LogP contribution in [-0.4, -0.2) is 32.3 Å². The minimum atomic E-state index is -0.460. The molecule has 98 valence electrons. The summed E-state index contributed by atoms with van der Waals surface area (Å²) in [5, 5.41) is 2.73. The van der Waals surface area contributed by atoms with Crippen LogP contribution in [0.5, 0.6) is 5.75 Å². The summed E-state index contributed by atoms with van der Waals surface area (Å²) in [5.41, 5.74) is 0.204. The first-order valence-corrected chi connectivity index (χ1v) is 5.94. The molecule has 0 bridgehead atoms. The molecule has 1 unspecified atom stereocenters. The summed E-state index contributed by atoms with van der Waals surface area (Å²) in [5.74, 6) is -0.443. The van der Waals surface area contributed by atoms with Gasteiger partial charge in [-0.3, -0.25) is 4.79 Å². The lowest BCUT2D eigenvalue weighted by molar-refractivity contribution is 0.0855. The molecule has 4 nitrogen and oxygen atoms in total. The van der Waals surface area contributed by atoms with Crippen LogP contribution >= 0.6 is 0 Å². The zero-order chi connectivity index (χ0) is 13.0. The average Bonchev–Trinajstić information content (AvgIpc) is 2.89. The topological polar surface area (TPSA) is 47.6 Å². The molecule has 2 rings (SSSR count). The van der Waals surface area contributed by atoms with Crippen LogP contribution in [0.2, 0.25) is 0 Å². The van der Waals surface area contributed by atoms with Crippen molar-refractivity contribution in [3.63, 3.8) is 0 Å². The van der Waals surface area contributed by atoms with E-state index in [1.807, 2.05) is 0 Å². The maximum Gasteiger partial charge on any atom is 0.255 e. The molecule has 5 heteroatoms. The normalized spacial score (nSPS) is 18.7. The molecule has 1 fully saturated rings. The smallest absolute Gasteiger partial charge is 0.255 e. The number of hydrogen-bond acceptors (Lipinski definition) is 3. The second kappa shape index (κ2) is 5.82. The average molecular weight is 253 g/mol. The second-order valence-electron chi connectivity index (χ2n) is 4.19. The Bertz CT molecular complexity index is 430. The fraction of sp³-hybridized carbons (Fsp3) is 0.462. The Morgan fingerprint density at radius 1 is 1.61 bits per heavy atom. The number of rotatable bonds is 4. The van der Waals surface area contributed by atoms with E-state index >= 15 is 0 Å². The van der Waals surface area contributed by atoms with Gasteiger partial charge in [0.2, 0.25) is 0 Å². The Morgan fingerprint density at radius 2 is 2.44 bits per heavy atom. The summed E-state index contributed by atoms with van der Waals surface area (Å²) < 4.78 is 23.6. The van der Waals surface area contributed by atoms with E-state index in [1.54, 1.807) is 0 Å². The Labute approximate surface area is 105 Å². The van der Waals surface area contributed by atoms with Gasteiger partial charge < -0.3 is 14.8 Å². The molecule has 0 aromatic heterocycles. The van der Waals surface area contributed by atoms with Gasteiger partial charge in [-0.05, 0) is 31.0 Å². The third-order valence-corrected chi connectivity index (χ3v) is 2.92. The van der Waals surface area contributed by atoms with Gasteiger partial charge in [0.05, 0.1) is 18.8 Å². The molecule has 1 aromatic carbocycles. The van der Waals surface area contributed by atoms with Gasteiger partial charge in [-0.25, -0.2) is 4.39 Å². The number of ether oxygens (including phenoxy) is 2. The number of carbonyl (C=O) groups is 1. The molecule has 0 spiro atoms. The van der Waals surface area contributed by atoms with Gasteiger partial charge in [0.15, 0.2) is 0 Å². The molecule has 18 heavy (non-hydrogen) atoms. The Hall–Kier alpha value is -1.62. The molecule has 1 N–H and O–H groups in total. The molecule has 0 aliphatic carbocycles. The predicted molar refractivity (Wildman–Crippen MR) is 64.3 cm³/mol. The van der Waals surface area contributed by atoms with Crippen LogP contribution < -0.4 is 10.1 Å². The summed E-state index contributed by atoms with van der Waals surface area (Å²) in [6.07, 6.45) is 2.03. The maximum absolute atomic E-state index is 13.1. The van der Waals surface area contributed by atoms with Crippen LogP contribution in [0.15, 0.2) is 18.2 Å². The van der Waals surface area contributed by atoms with E-state index in [2.05, 4.69) is 5.32 Å². The van der Waals surface area contributed by atoms with Crippen molar-refractivity contribution in [2.24, 2.45) is 0 Å². The van der Waals surface area contributed by atoms with Gasteiger partial charge in [0.25, 0.3) is 5.91 Å². The van der Waals surface area contributed by atoms with Gasteiger partial charge in [-0.15, -0.1) is 0 Å². The Morgan fingerprint density at radius 3 is 3.11 bits per heavy atom. The van der Waals surface area contributed by atoms with Crippen molar-refractivity contribution in [1.29, 1.82) is 0 Å². The van der Waals surface area contributed by atoms with E-state index in [1.165, 1.54) is 25.3 Å². The Balaban J connectivity index is 2.00. The molecule has 1 aliphatic rings. The zero-order valence-corrected chi connectivity index (χ0v) is 10.2. The highest BCUT2D eigenvalue weighted by Crippen LogP contribution is 2.19. The first-order chi connectivity index (χ1) is 8.70. The molecule has 1 heterocycles. The molecule has 0 radical (unpaired) electrons. The van der Waals surface area contributed by atoms with Crippen molar-refractivity contribution in [3.8, 4) is 5.75 Å². The quantitative estimate of drug-likeness (QED) is 0.889. The van der Waals surface area contributed by atoms with Gasteiger partial charge in [0, 0.05) is 13.2 Å². The van der Waals surface area contributed by atoms with E-state index < -0.39 is 5.82 Å². The fourth-order valence-corrected chi connectivity index (χ4v) is 1.96. The first-order valence-electron chi connectivity index (χ1n) is 5.94. The lowest BCUT2D eigenvalue weighted by Gasteiger charge is -2.12. The predicted octanol–water partition coefficient (Wildman–Crippen LogP) is 1.74. The minimum absolute atomic E-state index is 0.0634. The summed E-state index contributed by atoms with van der Waals surface area (Å²) in [7, 11) is 1.45. The molecule has 1 aromatic rings. The third-order valence-electron chi connectivity index (χ3n) is 2.92. The molecular weight excluding hydrogens is 237 g/mol. The van der Waals surface area contributed by atoms with E-state index in [0.717, 1.165) is 19.4 Å². The SMILES string of the molecule is COc1ccc(F)cc1C(=O)NCC1CCCO1. The number of methoxy groups -OCH3 is 1. The van der Waals surface area contributed by atoms with Crippen molar-refractivity contribution in [3.05, 3.63) is 29.6 Å². The molecule has 1 aliphatic heterocycles. The van der Waals surface area contributed by atoms with Crippen LogP contribution in [0.1, 0.15) is 23.2 Å². The molecular formula is C13H16FNO3. The van der Waals surface area contributed by atoms with Crippen LogP contribution in [0.4, 0.5) is 4.39 Å². The van der Waals surface area contributed by atoms with Gasteiger partial charge in [-0.2, -0.15) is 0 Å². The van der Waals surface area contributed by atoms with Crippen LogP contribution in [0.25, 0.3) is 0 Å². The number of benzene rings is 1. The summed E-state index contributed by atoms with van der Waals surface area (Å²) in [6, 6.07) is 3.87. The summed E-state index contributed by atoms with van der Waals surface area (Å²) in [4.78, 5) is 11.9. The van der Waals surface area contributed by atoms with Crippen molar-refractivity contribution >= 4 is 5.91 Å². The summed E-state index contributed by atoms with van der Waals surface area (Å²) in [6.45, 7) is 1.18. The molecule has 1 amide bonds. The summed E-state index contributed by atoms with van der Waals surface area (Å²) >= 11 is 0. The lowest BCUT2D eigenvalue weighted by atomic mass is 10.1. The van der Waals surface area contributed by atoms with Crippen molar-refractivity contribution in [2.45, 2.75) is 18.9 Å². The van der Waals surface area contributed by atoms with Crippen LogP contribution in [0, 0.1) is 5.82 Å². The number of hydrogen-bond donors (Lipinski definition) is 1. The second-order valence-corrected chi connectivity index (χ2v) is 4.19. The monoisotopic (exact) mass is 253 g/mol. The first kappa shape index (κ1) is 12.8. The van der Waals surface area contributed by atoms with Gasteiger partial charge in [-0.1, -0.05) is 0 Å². The lowest BCUT2D eigenvalue weighted by Crippen LogP contribution is -2.32. The molecule has 1 saturated heterocycles. The Kier molecular flexibility index (Phi) is 4.15. The van der Waals surface area contributed by atoms with Gasteiger partial charge in [0.1, 0.15) is 11.6 Å². The number of halogens is 1. The van der Waals surface area contributed by atoms with E-state index in [9.17, 15) is 9.18 Å². The van der Waals surface area contributed by atoms with Gasteiger partial charge >= 0.3 is 0 Å². The van der Waals surface area contributed by atoms with E-state index in [4.69, 9.17) is 9.47 Å². The van der Waals surface area contributed by atoms with E-state index in [0.29, 0.717) is 12.3 Å². The van der Waals surface area contributed by atoms with Crippen molar-refractivity contribution in [2.75, 3.05) is 20.3 Å². The van der Waals surface area contributed by atoms with Crippen molar-refractivity contribution < 1.29 is 18.7 Å². The number of nitrogens with one attached hydrogen (secondary N) is 1. The number of amides is 1. The van der Waals surface area contributed by atoms with Crippen LogP contribution in [-0.2, 0) is 4.74 Å². The van der Waals surface area contributed by atoms with Crippen LogP contribution in [0.3, 0.4) is 0 Å².